The molecule has 0 aliphatic carbocycles. The molecule has 0 unspecified atom stereocenters. The Morgan fingerprint density at radius 3 is 2.88 bits per heavy atom. The summed E-state index contributed by atoms with van der Waals surface area (Å²) in [4.78, 5) is 8.73. The average molecular weight is 358 g/mol. The molecular formula is C18H16ClN3OS. The van der Waals surface area contributed by atoms with Crippen LogP contribution in [0.4, 0.5) is 5.95 Å². The highest BCUT2D eigenvalue weighted by atomic mass is 35.5. The van der Waals surface area contributed by atoms with Crippen molar-refractivity contribution in [1.82, 2.24) is 9.97 Å². The molecule has 4 rings (SSSR count). The van der Waals surface area contributed by atoms with Gasteiger partial charge in [0.2, 0.25) is 5.95 Å². The molecule has 0 saturated heterocycles. The fourth-order valence-electron chi connectivity index (χ4n) is 3.17. The second-order valence-corrected chi connectivity index (χ2v) is 7.30. The Morgan fingerprint density at radius 2 is 2.04 bits per heavy atom. The Balaban J connectivity index is 2.02. The first-order valence-electron chi connectivity index (χ1n) is 7.76. The van der Waals surface area contributed by atoms with Gasteiger partial charge in [0.05, 0.1) is 23.9 Å². The van der Waals surface area contributed by atoms with E-state index in [2.05, 4.69) is 29.0 Å². The summed E-state index contributed by atoms with van der Waals surface area (Å²) in [7, 11) is 0. The molecular weight excluding hydrogens is 342 g/mol. The van der Waals surface area contributed by atoms with Crippen LogP contribution in [0.2, 0.25) is 5.02 Å². The highest BCUT2D eigenvalue weighted by molar-refractivity contribution is 7.99. The maximum atomic E-state index is 6.62. The minimum Gasteiger partial charge on any atom is -0.372 e. The zero-order valence-electron chi connectivity index (χ0n) is 13.2. The van der Waals surface area contributed by atoms with Crippen molar-refractivity contribution in [2.45, 2.75) is 25.2 Å². The number of nitrogens with two attached hydrogens (primary N) is 1. The molecule has 4 nitrogen and oxygen atoms in total. The molecule has 0 atom stereocenters. The summed E-state index contributed by atoms with van der Waals surface area (Å²) < 4.78 is 5.65. The molecule has 1 aliphatic rings. The lowest BCUT2D eigenvalue weighted by Gasteiger charge is -2.20. The van der Waals surface area contributed by atoms with Crippen molar-refractivity contribution in [2.24, 2.45) is 0 Å². The Hall–Kier alpha value is -1.82. The first kappa shape index (κ1) is 15.7. The van der Waals surface area contributed by atoms with Gasteiger partial charge in [-0.3, -0.25) is 0 Å². The zero-order valence-corrected chi connectivity index (χ0v) is 14.7. The molecule has 2 N–H and O–H groups in total. The van der Waals surface area contributed by atoms with Gasteiger partial charge in [-0.05, 0) is 39.8 Å². The maximum Gasteiger partial charge on any atom is 0.221 e. The predicted octanol–water partition coefficient (Wildman–Crippen LogP) is 4.67. The Morgan fingerprint density at radius 1 is 1.21 bits per heavy atom. The largest absolute Gasteiger partial charge is 0.372 e. The minimum atomic E-state index is 0.267. The summed E-state index contributed by atoms with van der Waals surface area (Å²) in [5.41, 5.74) is 9.88. The second-order valence-electron chi connectivity index (χ2n) is 5.61. The van der Waals surface area contributed by atoms with Crippen LogP contribution in [-0.4, -0.2) is 15.7 Å². The molecule has 0 saturated carbocycles. The third-order valence-electron chi connectivity index (χ3n) is 4.06. The fraction of sp³-hybridized carbons (Fsp3) is 0.222. The number of hydrogen-bond acceptors (Lipinski definition) is 5. The smallest absolute Gasteiger partial charge is 0.221 e. The summed E-state index contributed by atoms with van der Waals surface area (Å²) >= 11 is 8.25. The van der Waals surface area contributed by atoms with Gasteiger partial charge in [0.25, 0.3) is 0 Å². The van der Waals surface area contributed by atoms with Crippen LogP contribution in [0.5, 0.6) is 0 Å². The van der Waals surface area contributed by atoms with Crippen LogP contribution in [0.3, 0.4) is 0 Å². The predicted molar refractivity (Wildman–Crippen MR) is 99.3 cm³/mol. The van der Waals surface area contributed by atoms with Crippen molar-refractivity contribution in [3.05, 3.63) is 46.5 Å². The molecule has 2 heterocycles. The van der Waals surface area contributed by atoms with Gasteiger partial charge in [0.15, 0.2) is 0 Å². The van der Waals surface area contributed by atoms with Crippen LogP contribution >= 0.6 is 23.4 Å². The molecule has 24 heavy (non-hydrogen) atoms. The third-order valence-corrected chi connectivity index (χ3v) is 5.16. The SMILES string of the molecule is CCSc1cc(-c2c(Cl)cc3c4c(cccc24)COC3)nc(N)n1. The van der Waals surface area contributed by atoms with E-state index in [9.17, 15) is 0 Å². The molecule has 2 aromatic carbocycles. The standard InChI is InChI=1S/C18H16ClN3OS/c1-2-24-15-7-14(21-18(20)22-15)17-12-5-3-4-10-8-23-9-11(16(10)12)6-13(17)19/h3-7H,2,8-9H2,1H3,(H2,20,21,22). The van der Waals surface area contributed by atoms with Crippen LogP contribution in [0.1, 0.15) is 18.1 Å². The topological polar surface area (TPSA) is 61.0 Å². The lowest BCUT2D eigenvalue weighted by Crippen LogP contribution is -2.05. The van der Waals surface area contributed by atoms with E-state index in [-0.39, 0.29) is 5.95 Å². The Kier molecular flexibility index (Phi) is 4.08. The van der Waals surface area contributed by atoms with Crippen LogP contribution in [0, 0.1) is 0 Å². The number of ether oxygens (including phenoxy) is 1. The third kappa shape index (κ3) is 2.62. The second kappa shape index (κ2) is 6.24. The first-order valence-corrected chi connectivity index (χ1v) is 9.12. The molecule has 6 heteroatoms. The summed E-state index contributed by atoms with van der Waals surface area (Å²) in [5.74, 6) is 1.19. The number of nitrogens with zero attached hydrogens (tertiary/aromatic N) is 2. The lowest BCUT2D eigenvalue weighted by molar-refractivity contribution is 0.103. The fourth-order valence-corrected chi connectivity index (χ4v) is 4.15. The van der Waals surface area contributed by atoms with E-state index in [0.29, 0.717) is 18.2 Å². The van der Waals surface area contributed by atoms with Crippen molar-refractivity contribution in [2.75, 3.05) is 11.5 Å². The maximum absolute atomic E-state index is 6.62. The van der Waals surface area contributed by atoms with Crippen molar-refractivity contribution in [3.63, 3.8) is 0 Å². The Labute approximate surface area is 149 Å². The molecule has 0 radical (unpaired) electrons. The van der Waals surface area contributed by atoms with Crippen LogP contribution in [-0.2, 0) is 18.0 Å². The van der Waals surface area contributed by atoms with Crippen molar-refractivity contribution >= 4 is 40.1 Å². The van der Waals surface area contributed by atoms with Crippen LogP contribution in [0.15, 0.2) is 35.4 Å². The van der Waals surface area contributed by atoms with Crippen molar-refractivity contribution in [3.8, 4) is 11.3 Å². The molecule has 3 aromatic rings. The van der Waals surface area contributed by atoms with E-state index in [1.165, 1.54) is 10.9 Å². The monoisotopic (exact) mass is 357 g/mol. The van der Waals surface area contributed by atoms with Gasteiger partial charge >= 0.3 is 0 Å². The highest BCUT2D eigenvalue weighted by Crippen LogP contribution is 2.40. The van der Waals surface area contributed by atoms with E-state index >= 15 is 0 Å². The van der Waals surface area contributed by atoms with E-state index in [0.717, 1.165) is 33.0 Å². The summed E-state index contributed by atoms with van der Waals surface area (Å²) in [6, 6.07) is 10.1. The summed E-state index contributed by atoms with van der Waals surface area (Å²) in [5, 5.41) is 3.82. The molecule has 122 valence electrons. The van der Waals surface area contributed by atoms with Crippen molar-refractivity contribution in [1.29, 1.82) is 0 Å². The summed E-state index contributed by atoms with van der Waals surface area (Å²) in [6.45, 7) is 3.28. The molecule has 1 aromatic heterocycles. The number of rotatable bonds is 3. The van der Waals surface area contributed by atoms with E-state index in [1.807, 2.05) is 18.2 Å². The van der Waals surface area contributed by atoms with Gasteiger partial charge in [0.1, 0.15) is 5.03 Å². The summed E-state index contributed by atoms with van der Waals surface area (Å²) in [6.07, 6.45) is 0. The first-order chi connectivity index (χ1) is 11.7. The average Bonchev–Trinajstić information content (AvgIpc) is 2.55. The van der Waals surface area contributed by atoms with Gasteiger partial charge in [-0.25, -0.2) is 9.97 Å². The normalized spacial score (nSPS) is 13.4. The molecule has 0 bridgehead atoms. The number of nitrogen functional groups attached to an aromatic ring is 1. The van der Waals surface area contributed by atoms with Crippen LogP contribution < -0.4 is 5.73 Å². The van der Waals surface area contributed by atoms with Gasteiger partial charge in [-0.15, -0.1) is 11.8 Å². The molecule has 0 amide bonds. The van der Waals surface area contributed by atoms with Gasteiger partial charge in [0, 0.05) is 5.56 Å². The van der Waals surface area contributed by atoms with E-state index < -0.39 is 0 Å². The van der Waals surface area contributed by atoms with Gasteiger partial charge < -0.3 is 10.5 Å². The highest BCUT2D eigenvalue weighted by Gasteiger charge is 2.19. The lowest BCUT2D eigenvalue weighted by atomic mass is 9.93. The molecule has 0 spiro atoms. The number of benzene rings is 2. The number of thioether (sulfide) groups is 1. The van der Waals surface area contributed by atoms with E-state index in [1.54, 1.807) is 11.8 Å². The quantitative estimate of drug-likeness (QED) is 0.545. The van der Waals surface area contributed by atoms with Gasteiger partial charge in [-0.1, -0.05) is 36.7 Å². The molecule has 1 aliphatic heterocycles. The number of hydrogen-bond donors (Lipinski definition) is 1. The number of anilines is 1. The minimum absolute atomic E-state index is 0.267. The zero-order chi connectivity index (χ0) is 16.7. The number of aromatic nitrogens is 2. The van der Waals surface area contributed by atoms with Crippen LogP contribution in [0.25, 0.3) is 22.0 Å². The van der Waals surface area contributed by atoms with E-state index in [4.69, 9.17) is 22.1 Å². The van der Waals surface area contributed by atoms with Gasteiger partial charge in [-0.2, -0.15) is 0 Å². The molecule has 0 fully saturated rings. The van der Waals surface area contributed by atoms with Crippen molar-refractivity contribution < 1.29 is 4.74 Å². The Bertz CT molecular complexity index is 945. The number of halogens is 1.